The number of hydrogen-bond donors (Lipinski definition) is 1. The molecule has 1 saturated heterocycles. The van der Waals surface area contributed by atoms with E-state index in [1.807, 2.05) is 6.92 Å². The minimum Gasteiger partial charge on any atom is -0.464 e. The summed E-state index contributed by atoms with van der Waals surface area (Å²) >= 11 is 0. The Balaban J connectivity index is 1.90. The summed E-state index contributed by atoms with van der Waals surface area (Å²) in [5.74, 6) is -1.83. The molecule has 1 heterocycles. The first-order valence-corrected chi connectivity index (χ1v) is 10.6. The number of hydrogen-bond acceptors (Lipinski definition) is 8. The van der Waals surface area contributed by atoms with Crippen LogP contribution in [0.3, 0.4) is 0 Å². The highest BCUT2D eigenvalue weighted by atomic mass is 32.2. The van der Waals surface area contributed by atoms with Gasteiger partial charge in [0.15, 0.2) is 11.4 Å². The molecule has 28 heavy (non-hydrogen) atoms. The third kappa shape index (κ3) is 4.23. The predicted molar refractivity (Wildman–Crippen MR) is 97.9 cm³/mol. The molecule has 1 aromatic carbocycles. The van der Waals surface area contributed by atoms with Gasteiger partial charge in [0.05, 0.1) is 17.6 Å². The van der Waals surface area contributed by atoms with Crippen LogP contribution >= 0.6 is 0 Å². The maximum atomic E-state index is 12.8. The van der Waals surface area contributed by atoms with Crippen LogP contribution in [-0.4, -0.2) is 55.8 Å². The lowest BCUT2D eigenvalue weighted by Gasteiger charge is -2.39. The minimum absolute atomic E-state index is 0.0157. The lowest BCUT2D eigenvalue weighted by atomic mass is 9.80. The van der Waals surface area contributed by atoms with E-state index in [1.54, 1.807) is 32.9 Å². The first-order valence-electron chi connectivity index (χ1n) is 9.21. The number of fused-ring (bicyclic) bond motifs is 1. The van der Waals surface area contributed by atoms with E-state index in [9.17, 15) is 18.3 Å². The maximum absolute atomic E-state index is 12.8. The fourth-order valence-electron chi connectivity index (χ4n) is 3.65. The van der Waals surface area contributed by atoms with E-state index in [0.717, 1.165) is 5.56 Å². The lowest BCUT2D eigenvalue weighted by molar-refractivity contribution is -0.179. The van der Waals surface area contributed by atoms with Gasteiger partial charge < -0.3 is 19.3 Å². The number of rotatable bonds is 5. The maximum Gasteiger partial charge on any atom is 0.338 e. The van der Waals surface area contributed by atoms with Crippen LogP contribution in [0.25, 0.3) is 0 Å². The van der Waals surface area contributed by atoms with E-state index in [2.05, 4.69) is 0 Å². The molecule has 0 bridgehead atoms. The molecule has 1 aromatic rings. The average Bonchev–Trinajstić information content (AvgIpc) is 2.89. The Labute approximate surface area is 164 Å². The zero-order valence-corrected chi connectivity index (χ0v) is 17.2. The molecular formula is C19H26O8S. The van der Waals surface area contributed by atoms with Gasteiger partial charge >= 0.3 is 5.97 Å². The highest BCUT2D eigenvalue weighted by Gasteiger charge is 2.58. The van der Waals surface area contributed by atoms with Crippen LogP contribution in [0.1, 0.15) is 39.2 Å². The molecule has 0 spiro atoms. The second kappa shape index (κ2) is 7.38. The number of carbonyl (C=O) groups excluding carboxylic acids is 1. The molecule has 1 aliphatic carbocycles. The molecule has 9 heteroatoms. The lowest BCUT2D eigenvalue weighted by Crippen LogP contribution is -2.56. The number of aryl methyl sites for hydroxylation is 1. The summed E-state index contributed by atoms with van der Waals surface area (Å²) in [6.45, 7) is 6.92. The van der Waals surface area contributed by atoms with Crippen molar-refractivity contribution in [3.63, 3.8) is 0 Å². The highest BCUT2D eigenvalue weighted by molar-refractivity contribution is 7.86. The fraction of sp³-hybridized carbons (Fsp3) is 0.632. The van der Waals surface area contributed by atoms with Crippen molar-refractivity contribution >= 4 is 16.1 Å². The van der Waals surface area contributed by atoms with E-state index >= 15 is 0 Å². The van der Waals surface area contributed by atoms with Crippen LogP contribution in [0.4, 0.5) is 0 Å². The normalized spacial score (nSPS) is 32.0. The van der Waals surface area contributed by atoms with Gasteiger partial charge in [0.1, 0.15) is 12.2 Å². The van der Waals surface area contributed by atoms with Crippen molar-refractivity contribution in [1.82, 2.24) is 0 Å². The molecule has 156 valence electrons. The Hall–Kier alpha value is -1.52. The first-order chi connectivity index (χ1) is 13.0. The molecule has 4 atom stereocenters. The Kier molecular flexibility index (Phi) is 5.59. The summed E-state index contributed by atoms with van der Waals surface area (Å²) in [6.07, 6.45) is -2.91. The number of ether oxygens (including phenoxy) is 3. The van der Waals surface area contributed by atoms with E-state index in [-0.39, 0.29) is 24.3 Å². The SMILES string of the molecule is CCOC(=O)[C@]1(O)C[C@H]2OC(C)(C)O[C@H]2[C@H](OS(=O)(=O)c2ccc(C)cc2)C1. The molecule has 8 nitrogen and oxygen atoms in total. The zero-order chi connectivity index (χ0) is 20.7. The Morgan fingerprint density at radius 3 is 2.46 bits per heavy atom. The molecule has 0 radical (unpaired) electrons. The van der Waals surface area contributed by atoms with Gasteiger partial charge in [0, 0.05) is 12.8 Å². The number of carbonyl (C=O) groups is 1. The third-order valence-corrected chi connectivity index (χ3v) is 6.23. The minimum atomic E-state index is -4.14. The molecular weight excluding hydrogens is 388 g/mol. The summed E-state index contributed by atoms with van der Waals surface area (Å²) in [4.78, 5) is 12.3. The third-order valence-electron chi connectivity index (χ3n) is 4.88. The topological polar surface area (TPSA) is 108 Å². The van der Waals surface area contributed by atoms with Crippen molar-refractivity contribution in [2.24, 2.45) is 0 Å². The fourth-order valence-corrected chi connectivity index (χ4v) is 4.73. The van der Waals surface area contributed by atoms with Crippen LogP contribution in [0.15, 0.2) is 29.2 Å². The first kappa shape index (κ1) is 21.2. The van der Waals surface area contributed by atoms with Crippen molar-refractivity contribution in [3.05, 3.63) is 29.8 Å². The monoisotopic (exact) mass is 414 g/mol. The standard InChI is InChI=1S/C19H26O8S/c1-5-24-17(20)19(21)10-14-16(26-18(3,4)25-14)15(11-19)27-28(22,23)13-8-6-12(2)7-9-13/h6-9,14-16,21H,5,10-11H2,1-4H3/t14-,15-,16-,19+/m1/s1. The van der Waals surface area contributed by atoms with Crippen molar-refractivity contribution in [3.8, 4) is 0 Å². The Morgan fingerprint density at radius 1 is 1.21 bits per heavy atom. The largest absolute Gasteiger partial charge is 0.464 e. The molecule has 1 aliphatic heterocycles. The summed E-state index contributed by atoms with van der Waals surface area (Å²) in [6, 6.07) is 6.21. The quantitative estimate of drug-likeness (QED) is 0.573. The predicted octanol–water partition coefficient (Wildman–Crippen LogP) is 1.68. The molecule has 2 aliphatic rings. The van der Waals surface area contributed by atoms with Crippen LogP contribution in [-0.2, 0) is 33.3 Å². The van der Waals surface area contributed by atoms with E-state index < -0.39 is 45.8 Å². The zero-order valence-electron chi connectivity index (χ0n) is 16.4. The number of esters is 1. The van der Waals surface area contributed by atoms with Crippen LogP contribution in [0.5, 0.6) is 0 Å². The van der Waals surface area contributed by atoms with Gasteiger partial charge in [0.2, 0.25) is 0 Å². The van der Waals surface area contributed by atoms with Gasteiger partial charge in [-0.1, -0.05) is 17.7 Å². The molecule has 0 aromatic heterocycles. The summed E-state index contributed by atoms with van der Waals surface area (Å²) in [5.41, 5.74) is -1.02. The van der Waals surface area contributed by atoms with Crippen LogP contribution in [0.2, 0.25) is 0 Å². The van der Waals surface area contributed by atoms with Crippen LogP contribution in [0, 0.1) is 6.92 Å². The van der Waals surface area contributed by atoms with E-state index in [4.69, 9.17) is 18.4 Å². The number of aliphatic hydroxyl groups is 1. The molecule has 0 amide bonds. The second-order valence-corrected chi connectivity index (χ2v) is 9.27. The summed E-state index contributed by atoms with van der Waals surface area (Å²) in [5, 5.41) is 10.9. The van der Waals surface area contributed by atoms with Crippen molar-refractivity contribution < 1.29 is 36.7 Å². The second-order valence-electron chi connectivity index (χ2n) is 7.70. The van der Waals surface area contributed by atoms with E-state index in [1.165, 1.54) is 12.1 Å². The molecule has 1 saturated carbocycles. The Bertz CT molecular complexity index is 832. The number of benzene rings is 1. The molecule has 1 N–H and O–H groups in total. The van der Waals surface area contributed by atoms with Gasteiger partial charge in [0.25, 0.3) is 10.1 Å². The van der Waals surface area contributed by atoms with Gasteiger partial charge in [-0.2, -0.15) is 8.42 Å². The molecule has 2 fully saturated rings. The van der Waals surface area contributed by atoms with Gasteiger partial charge in [-0.25, -0.2) is 4.79 Å². The van der Waals surface area contributed by atoms with Gasteiger partial charge in [-0.3, -0.25) is 4.18 Å². The summed E-state index contributed by atoms with van der Waals surface area (Å²) < 4.78 is 47.5. The highest BCUT2D eigenvalue weighted by Crippen LogP contribution is 2.43. The summed E-state index contributed by atoms with van der Waals surface area (Å²) in [7, 11) is -4.14. The molecule has 3 rings (SSSR count). The van der Waals surface area contributed by atoms with Gasteiger partial charge in [-0.15, -0.1) is 0 Å². The van der Waals surface area contributed by atoms with Crippen molar-refractivity contribution in [2.45, 2.75) is 75.1 Å². The molecule has 0 unspecified atom stereocenters. The van der Waals surface area contributed by atoms with Crippen molar-refractivity contribution in [1.29, 1.82) is 0 Å². The average molecular weight is 414 g/mol. The van der Waals surface area contributed by atoms with Gasteiger partial charge in [-0.05, 0) is 39.8 Å². The van der Waals surface area contributed by atoms with Crippen LogP contribution < -0.4 is 0 Å². The Morgan fingerprint density at radius 2 is 1.86 bits per heavy atom. The smallest absolute Gasteiger partial charge is 0.338 e. The van der Waals surface area contributed by atoms with Crippen molar-refractivity contribution in [2.75, 3.05) is 6.61 Å². The van der Waals surface area contributed by atoms with E-state index in [0.29, 0.717) is 0 Å².